The molecule has 0 N–H and O–H groups in total. The van der Waals surface area contributed by atoms with Gasteiger partial charge in [0.05, 0.1) is 0 Å². The molecule has 33 heavy (non-hydrogen) atoms. The van der Waals surface area contributed by atoms with Gasteiger partial charge in [0.15, 0.2) is 0 Å². The molecule has 2 aromatic rings. The first kappa shape index (κ1) is 26.8. The molecule has 0 aliphatic rings. The molecule has 0 fully saturated rings. The van der Waals surface area contributed by atoms with E-state index in [1.54, 1.807) is 45.0 Å². The standard InChI is InChI=1S/C24H23F9/c1-14-5-7-16(3)18(11-14)9-10-19(20-12-15(2)6-8-17(20)4)13-21(25,26)22(27,28)23(29,30)24(31,32)33/h5-12,19H,13H2,1-4H3/b10-9+. The van der Waals surface area contributed by atoms with E-state index in [0.717, 1.165) is 17.2 Å². The quantitative estimate of drug-likeness (QED) is 0.347. The lowest BCUT2D eigenvalue weighted by Crippen LogP contribution is -2.61. The van der Waals surface area contributed by atoms with Gasteiger partial charge in [0.2, 0.25) is 0 Å². The van der Waals surface area contributed by atoms with Crippen molar-refractivity contribution >= 4 is 6.08 Å². The molecule has 0 aromatic heterocycles. The highest BCUT2D eigenvalue weighted by molar-refractivity contribution is 5.56. The van der Waals surface area contributed by atoms with E-state index in [1.807, 2.05) is 0 Å². The second-order valence-electron chi connectivity index (χ2n) is 8.24. The van der Waals surface area contributed by atoms with Crippen LogP contribution in [0.1, 0.15) is 45.7 Å². The van der Waals surface area contributed by atoms with E-state index in [0.29, 0.717) is 16.7 Å². The predicted molar refractivity (Wildman–Crippen MR) is 109 cm³/mol. The van der Waals surface area contributed by atoms with E-state index in [1.165, 1.54) is 25.1 Å². The molecule has 182 valence electrons. The first-order valence-electron chi connectivity index (χ1n) is 9.93. The van der Waals surface area contributed by atoms with Crippen molar-refractivity contribution in [2.75, 3.05) is 0 Å². The maximum absolute atomic E-state index is 14.5. The summed E-state index contributed by atoms with van der Waals surface area (Å²) in [5.74, 6) is -20.8. The topological polar surface area (TPSA) is 0 Å². The third-order valence-electron chi connectivity index (χ3n) is 5.46. The van der Waals surface area contributed by atoms with Crippen LogP contribution < -0.4 is 0 Å². The number of rotatable bonds is 7. The maximum Gasteiger partial charge on any atom is 0.460 e. The number of alkyl halides is 9. The summed E-state index contributed by atoms with van der Waals surface area (Å²) >= 11 is 0. The Morgan fingerprint density at radius 3 is 1.76 bits per heavy atom. The number of hydrogen-bond acceptors (Lipinski definition) is 0. The molecule has 0 saturated carbocycles. The molecule has 0 heterocycles. The Labute approximate surface area is 186 Å². The van der Waals surface area contributed by atoms with Gasteiger partial charge in [-0.05, 0) is 49.9 Å². The van der Waals surface area contributed by atoms with E-state index >= 15 is 0 Å². The maximum atomic E-state index is 14.5. The molecule has 2 rings (SSSR count). The van der Waals surface area contributed by atoms with Crippen LogP contribution >= 0.6 is 0 Å². The van der Waals surface area contributed by atoms with Gasteiger partial charge in [-0.25, -0.2) is 0 Å². The zero-order valence-corrected chi connectivity index (χ0v) is 18.3. The molecule has 1 atom stereocenters. The van der Waals surface area contributed by atoms with Gasteiger partial charge in [-0.15, -0.1) is 0 Å². The minimum Gasteiger partial charge on any atom is -0.200 e. The zero-order chi connectivity index (χ0) is 25.4. The minimum absolute atomic E-state index is 0.127. The average Bonchev–Trinajstić information content (AvgIpc) is 2.68. The lowest BCUT2D eigenvalue weighted by molar-refractivity contribution is -0.396. The Morgan fingerprint density at radius 1 is 0.697 bits per heavy atom. The summed E-state index contributed by atoms with van der Waals surface area (Å²) in [6.45, 7) is 6.61. The number of aryl methyl sites for hydroxylation is 4. The van der Waals surface area contributed by atoms with Crippen molar-refractivity contribution in [1.29, 1.82) is 0 Å². The predicted octanol–water partition coefficient (Wildman–Crippen LogP) is 8.58. The van der Waals surface area contributed by atoms with Crippen LogP contribution in [-0.2, 0) is 0 Å². The smallest absolute Gasteiger partial charge is 0.200 e. The van der Waals surface area contributed by atoms with Crippen molar-refractivity contribution in [3.63, 3.8) is 0 Å². The SMILES string of the molecule is Cc1ccc(C)c(/C=C/C(CC(F)(F)C(F)(F)C(F)(F)C(F)(F)F)c2cc(C)ccc2C)c1. The summed E-state index contributed by atoms with van der Waals surface area (Å²) in [7, 11) is 0. The monoisotopic (exact) mass is 482 g/mol. The molecule has 9 heteroatoms. The summed E-state index contributed by atoms with van der Waals surface area (Å²) in [6.07, 6.45) is -6.27. The van der Waals surface area contributed by atoms with Crippen LogP contribution in [0.5, 0.6) is 0 Å². The molecule has 0 radical (unpaired) electrons. The number of halogens is 9. The molecule has 2 aromatic carbocycles. The normalized spacial score (nSPS) is 14.7. The third kappa shape index (κ3) is 5.38. The van der Waals surface area contributed by atoms with E-state index < -0.39 is 36.3 Å². The highest BCUT2D eigenvalue weighted by Gasteiger charge is 2.81. The van der Waals surface area contributed by atoms with Gasteiger partial charge in [0, 0.05) is 12.3 Å². The summed E-state index contributed by atoms with van der Waals surface area (Å²) < 4.78 is 121. The van der Waals surface area contributed by atoms with E-state index in [9.17, 15) is 39.5 Å². The molecule has 0 nitrogen and oxygen atoms in total. The number of hydrogen-bond donors (Lipinski definition) is 0. The van der Waals surface area contributed by atoms with Crippen LogP contribution in [0.4, 0.5) is 39.5 Å². The fraction of sp³-hybridized carbons (Fsp3) is 0.417. The van der Waals surface area contributed by atoms with Gasteiger partial charge in [-0.3, -0.25) is 0 Å². The van der Waals surface area contributed by atoms with Crippen molar-refractivity contribution in [2.45, 2.75) is 64.0 Å². The highest BCUT2D eigenvalue weighted by Crippen LogP contribution is 2.55. The molecule has 0 aliphatic heterocycles. The molecule has 1 unspecified atom stereocenters. The summed E-state index contributed by atoms with van der Waals surface area (Å²) in [5.41, 5.74) is 3.24. The molecule has 0 bridgehead atoms. The van der Waals surface area contributed by atoms with Crippen molar-refractivity contribution in [1.82, 2.24) is 0 Å². The molecular weight excluding hydrogens is 459 g/mol. The van der Waals surface area contributed by atoms with Crippen molar-refractivity contribution < 1.29 is 39.5 Å². The first-order valence-corrected chi connectivity index (χ1v) is 9.93. The van der Waals surface area contributed by atoms with Crippen LogP contribution in [0.15, 0.2) is 42.5 Å². The molecular formula is C24H23F9. The summed E-state index contributed by atoms with van der Waals surface area (Å²) in [5, 5.41) is 0. The highest BCUT2D eigenvalue weighted by atomic mass is 19.4. The van der Waals surface area contributed by atoms with Gasteiger partial charge in [0.1, 0.15) is 0 Å². The van der Waals surface area contributed by atoms with E-state index in [2.05, 4.69) is 0 Å². The Balaban J connectivity index is 2.57. The summed E-state index contributed by atoms with van der Waals surface area (Å²) in [6, 6.07) is 9.83. The molecule has 0 saturated heterocycles. The Kier molecular flexibility index (Phi) is 7.36. The van der Waals surface area contributed by atoms with Crippen molar-refractivity contribution in [3.05, 3.63) is 75.9 Å². The van der Waals surface area contributed by atoms with Crippen LogP contribution in [0, 0.1) is 27.7 Å². The fourth-order valence-corrected chi connectivity index (χ4v) is 3.41. The lowest BCUT2D eigenvalue weighted by atomic mass is 9.85. The fourth-order valence-electron chi connectivity index (χ4n) is 3.41. The minimum atomic E-state index is -6.91. The third-order valence-corrected chi connectivity index (χ3v) is 5.46. The van der Waals surface area contributed by atoms with E-state index in [-0.39, 0.29) is 5.56 Å². The molecule has 0 aliphatic carbocycles. The number of allylic oxidation sites excluding steroid dienone is 1. The van der Waals surface area contributed by atoms with Gasteiger partial charge in [-0.2, -0.15) is 39.5 Å². The lowest BCUT2D eigenvalue weighted by Gasteiger charge is -2.35. The van der Waals surface area contributed by atoms with Crippen LogP contribution in [0.3, 0.4) is 0 Å². The van der Waals surface area contributed by atoms with Crippen LogP contribution in [0.2, 0.25) is 0 Å². The Morgan fingerprint density at radius 2 is 1.21 bits per heavy atom. The second kappa shape index (κ2) is 9.06. The first-order chi connectivity index (χ1) is 14.9. The van der Waals surface area contributed by atoms with Crippen molar-refractivity contribution in [3.8, 4) is 0 Å². The van der Waals surface area contributed by atoms with Gasteiger partial charge >= 0.3 is 23.9 Å². The largest absolute Gasteiger partial charge is 0.460 e. The summed E-state index contributed by atoms with van der Waals surface area (Å²) in [4.78, 5) is 0. The average molecular weight is 482 g/mol. The molecule has 0 spiro atoms. The van der Waals surface area contributed by atoms with E-state index in [4.69, 9.17) is 0 Å². The Hall–Kier alpha value is -2.45. The molecule has 0 amide bonds. The van der Waals surface area contributed by atoms with Gasteiger partial charge in [0.25, 0.3) is 0 Å². The Bertz CT molecular complexity index is 1020. The van der Waals surface area contributed by atoms with Gasteiger partial charge in [-0.1, -0.05) is 59.7 Å². The van der Waals surface area contributed by atoms with Crippen LogP contribution in [-0.4, -0.2) is 23.9 Å². The number of benzene rings is 2. The zero-order valence-electron chi connectivity index (χ0n) is 18.3. The van der Waals surface area contributed by atoms with Crippen LogP contribution in [0.25, 0.3) is 6.08 Å². The second-order valence-corrected chi connectivity index (χ2v) is 8.24. The van der Waals surface area contributed by atoms with Crippen molar-refractivity contribution in [2.24, 2.45) is 0 Å². The van der Waals surface area contributed by atoms with Gasteiger partial charge < -0.3 is 0 Å².